The minimum absolute atomic E-state index is 0.00590. The zero-order chi connectivity index (χ0) is 12.7. The van der Waals surface area contributed by atoms with Gasteiger partial charge in [0.05, 0.1) is 18.1 Å². The van der Waals surface area contributed by atoms with E-state index in [9.17, 15) is 4.79 Å². The number of aryl methyl sites for hydroxylation is 2. The van der Waals surface area contributed by atoms with E-state index in [0.717, 1.165) is 30.5 Å². The third-order valence-electron chi connectivity index (χ3n) is 3.79. The highest BCUT2D eigenvalue weighted by Gasteiger charge is 2.44. The topological polar surface area (TPSA) is 51.2 Å². The van der Waals surface area contributed by atoms with Crippen molar-refractivity contribution in [2.75, 3.05) is 5.32 Å². The van der Waals surface area contributed by atoms with Gasteiger partial charge in [0.15, 0.2) is 0 Å². The van der Waals surface area contributed by atoms with E-state index in [1.165, 1.54) is 0 Å². The number of carbonyl (C=O) groups excluding carboxylic acids is 1. The molecular formula is C14H18N2O2. The van der Waals surface area contributed by atoms with Gasteiger partial charge in [0, 0.05) is 5.69 Å². The standard InChI is InChI=1S/C14H18N2O2/c1-8-5-9(2)15-13(6-8)16-14(17)11-7-10-3-4-12(11)18-10/h5-6,10-12H,3-4,7H2,1-2H3,(H,15,16,17). The highest BCUT2D eigenvalue weighted by Crippen LogP contribution is 2.39. The molecule has 3 unspecified atom stereocenters. The van der Waals surface area contributed by atoms with Crippen molar-refractivity contribution in [1.82, 2.24) is 4.98 Å². The number of ether oxygens (including phenoxy) is 1. The zero-order valence-corrected chi connectivity index (χ0v) is 10.8. The van der Waals surface area contributed by atoms with Crippen molar-refractivity contribution in [1.29, 1.82) is 0 Å². The SMILES string of the molecule is Cc1cc(C)nc(NC(=O)C2CC3CCC2O3)c1. The Hall–Kier alpha value is -1.42. The number of pyridine rings is 1. The molecule has 4 nitrogen and oxygen atoms in total. The Morgan fingerprint density at radius 3 is 2.83 bits per heavy atom. The number of nitrogens with zero attached hydrogens (tertiary/aromatic N) is 1. The number of rotatable bonds is 2. The molecule has 4 heteroatoms. The number of hydrogen-bond acceptors (Lipinski definition) is 3. The van der Waals surface area contributed by atoms with Crippen LogP contribution in [0.2, 0.25) is 0 Å². The molecule has 3 rings (SSSR count). The number of amides is 1. The first-order valence-corrected chi connectivity index (χ1v) is 6.53. The quantitative estimate of drug-likeness (QED) is 0.870. The monoisotopic (exact) mass is 246 g/mol. The van der Waals surface area contributed by atoms with Crippen molar-refractivity contribution in [3.8, 4) is 0 Å². The van der Waals surface area contributed by atoms with Crippen LogP contribution in [0.15, 0.2) is 12.1 Å². The number of nitrogens with one attached hydrogen (secondary N) is 1. The third kappa shape index (κ3) is 2.12. The van der Waals surface area contributed by atoms with Crippen LogP contribution < -0.4 is 5.32 Å². The van der Waals surface area contributed by atoms with Gasteiger partial charge < -0.3 is 10.1 Å². The molecular weight excluding hydrogens is 228 g/mol. The van der Waals surface area contributed by atoms with E-state index in [1.807, 2.05) is 26.0 Å². The number of carbonyl (C=O) groups is 1. The van der Waals surface area contributed by atoms with Gasteiger partial charge in [-0.2, -0.15) is 0 Å². The Bertz CT molecular complexity index is 466. The number of hydrogen-bond donors (Lipinski definition) is 1. The largest absolute Gasteiger partial charge is 0.374 e. The van der Waals surface area contributed by atoms with Crippen molar-refractivity contribution in [3.05, 3.63) is 23.4 Å². The van der Waals surface area contributed by atoms with E-state index in [1.54, 1.807) is 0 Å². The smallest absolute Gasteiger partial charge is 0.231 e. The summed E-state index contributed by atoms with van der Waals surface area (Å²) in [6, 6.07) is 3.90. The first kappa shape index (κ1) is 11.7. The highest BCUT2D eigenvalue weighted by molar-refractivity contribution is 5.92. The summed E-state index contributed by atoms with van der Waals surface area (Å²) in [5, 5.41) is 2.92. The second-order valence-electron chi connectivity index (χ2n) is 5.38. The number of anilines is 1. The molecule has 2 fully saturated rings. The van der Waals surface area contributed by atoms with Crippen LogP contribution in [0.25, 0.3) is 0 Å². The molecule has 0 saturated carbocycles. The van der Waals surface area contributed by atoms with E-state index in [2.05, 4.69) is 10.3 Å². The summed E-state index contributed by atoms with van der Waals surface area (Å²) in [6.07, 6.45) is 3.42. The van der Waals surface area contributed by atoms with E-state index in [4.69, 9.17) is 4.74 Å². The average Bonchev–Trinajstić information content (AvgIpc) is 2.88. The van der Waals surface area contributed by atoms with Crippen LogP contribution in [0, 0.1) is 19.8 Å². The van der Waals surface area contributed by atoms with Gasteiger partial charge in [0.2, 0.25) is 5.91 Å². The molecule has 0 radical (unpaired) electrons. The molecule has 2 aliphatic rings. The Kier molecular flexibility index (Phi) is 2.82. The first-order valence-electron chi connectivity index (χ1n) is 6.53. The molecule has 3 atom stereocenters. The van der Waals surface area contributed by atoms with Gasteiger partial charge in [-0.05, 0) is 50.8 Å². The zero-order valence-electron chi connectivity index (χ0n) is 10.8. The molecule has 1 N–H and O–H groups in total. The molecule has 0 spiro atoms. The lowest BCUT2D eigenvalue weighted by molar-refractivity contribution is -0.121. The van der Waals surface area contributed by atoms with Gasteiger partial charge in [-0.25, -0.2) is 4.98 Å². The van der Waals surface area contributed by atoms with Gasteiger partial charge in [-0.3, -0.25) is 4.79 Å². The minimum Gasteiger partial charge on any atom is -0.374 e. The molecule has 0 aliphatic carbocycles. The summed E-state index contributed by atoms with van der Waals surface area (Å²) in [4.78, 5) is 16.5. The Labute approximate surface area is 107 Å². The Morgan fingerprint density at radius 1 is 1.39 bits per heavy atom. The summed E-state index contributed by atoms with van der Waals surface area (Å²) < 4.78 is 5.71. The molecule has 1 amide bonds. The van der Waals surface area contributed by atoms with E-state index < -0.39 is 0 Å². The molecule has 2 saturated heterocycles. The minimum atomic E-state index is 0.00590. The fourth-order valence-electron chi connectivity index (χ4n) is 3.04. The summed E-state index contributed by atoms with van der Waals surface area (Å²) in [5.74, 6) is 0.714. The summed E-state index contributed by atoms with van der Waals surface area (Å²) in [5.41, 5.74) is 2.04. The van der Waals surface area contributed by atoms with Crippen molar-refractivity contribution >= 4 is 11.7 Å². The Morgan fingerprint density at radius 2 is 2.22 bits per heavy atom. The van der Waals surface area contributed by atoms with Crippen molar-refractivity contribution in [3.63, 3.8) is 0 Å². The highest BCUT2D eigenvalue weighted by atomic mass is 16.5. The van der Waals surface area contributed by atoms with Crippen LogP contribution in [0.5, 0.6) is 0 Å². The van der Waals surface area contributed by atoms with Gasteiger partial charge in [-0.15, -0.1) is 0 Å². The van der Waals surface area contributed by atoms with Gasteiger partial charge >= 0.3 is 0 Å². The predicted molar refractivity (Wildman–Crippen MR) is 68.3 cm³/mol. The molecule has 2 aliphatic heterocycles. The van der Waals surface area contributed by atoms with Crippen molar-refractivity contribution in [2.24, 2.45) is 5.92 Å². The van der Waals surface area contributed by atoms with Crippen molar-refractivity contribution in [2.45, 2.75) is 45.3 Å². The maximum Gasteiger partial charge on any atom is 0.231 e. The normalized spacial score (nSPS) is 29.6. The van der Waals surface area contributed by atoms with Gasteiger partial charge in [-0.1, -0.05) is 0 Å². The number of fused-ring (bicyclic) bond motifs is 2. The third-order valence-corrected chi connectivity index (χ3v) is 3.79. The van der Waals surface area contributed by atoms with Crippen LogP contribution in [-0.2, 0) is 9.53 Å². The fourth-order valence-corrected chi connectivity index (χ4v) is 3.04. The van der Waals surface area contributed by atoms with Gasteiger partial charge in [0.1, 0.15) is 5.82 Å². The summed E-state index contributed by atoms with van der Waals surface area (Å²) in [6.45, 7) is 3.94. The lowest BCUT2D eigenvalue weighted by Gasteiger charge is -2.17. The summed E-state index contributed by atoms with van der Waals surface area (Å²) in [7, 11) is 0. The molecule has 0 aromatic carbocycles. The van der Waals surface area contributed by atoms with Gasteiger partial charge in [0.25, 0.3) is 0 Å². The molecule has 3 heterocycles. The predicted octanol–water partition coefficient (Wildman–Crippen LogP) is 2.20. The fraction of sp³-hybridized carbons (Fsp3) is 0.571. The Balaban J connectivity index is 1.70. The maximum atomic E-state index is 12.2. The lowest BCUT2D eigenvalue weighted by Crippen LogP contribution is -2.30. The molecule has 96 valence electrons. The molecule has 18 heavy (non-hydrogen) atoms. The van der Waals surface area contributed by atoms with Crippen LogP contribution in [0.3, 0.4) is 0 Å². The van der Waals surface area contributed by atoms with Crippen LogP contribution in [0.4, 0.5) is 5.82 Å². The molecule has 1 aromatic heterocycles. The van der Waals surface area contributed by atoms with E-state index in [0.29, 0.717) is 11.9 Å². The van der Waals surface area contributed by atoms with Crippen LogP contribution in [0.1, 0.15) is 30.5 Å². The second-order valence-corrected chi connectivity index (χ2v) is 5.38. The number of aromatic nitrogens is 1. The van der Waals surface area contributed by atoms with Crippen LogP contribution >= 0.6 is 0 Å². The average molecular weight is 246 g/mol. The van der Waals surface area contributed by atoms with E-state index >= 15 is 0 Å². The summed E-state index contributed by atoms with van der Waals surface area (Å²) >= 11 is 0. The first-order chi connectivity index (χ1) is 8.61. The van der Waals surface area contributed by atoms with Crippen LogP contribution in [-0.4, -0.2) is 23.1 Å². The molecule has 2 bridgehead atoms. The lowest BCUT2D eigenvalue weighted by atomic mass is 9.88. The molecule has 1 aromatic rings. The second kappa shape index (κ2) is 4.35. The maximum absolute atomic E-state index is 12.2. The van der Waals surface area contributed by atoms with E-state index in [-0.39, 0.29) is 17.9 Å². The van der Waals surface area contributed by atoms with Crippen molar-refractivity contribution < 1.29 is 9.53 Å².